The summed E-state index contributed by atoms with van der Waals surface area (Å²) in [4.78, 5) is 12.2. The van der Waals surface area contributed by atoms with E-state index in [2.05, 4.69) is 20.3 Å². The van der Waals surface area contributed by atoms with Crippen molar-refractivity contribution in [2.75, 3.05) is 18.4 Å². The molecule has 3 heterocycles. The molecule has 1 saturated heterocycles. The molecule has 9 heteroatoms. The van der Waals surface area contributed by atoms with E-state index in [-0.39, 0.29) is 6.04 Å². The van der Waals surface area contributed by atoms with Gasteiger partial charge in [0.15, 0.2) is 0 Å². The van der Waals surface area contributed by atoms with Crippen LogP contribution in [0.5, 0.6) is 0 Å². The summed E-state index contributed by atoms with van der Waals surface area (Å²) in [7, 11) is -3.21. The molecule has 3 aromatic rings. The minimum Gasteiger partial charge on any atom is -0.360 e. The highest BCUT2D eigenvalue weighted by atomic mass is 35.5. The Bertz CT molecular complexity index is 1120. The molecule has 0 atom stereocenters. The van der Waals surface area contributed by atoms with Gasteiger partial charge < -0.3 is 10.3 Å². The van der Waals surface area contributed by atoms with Crippen molar-refractivity contribution in [3.8, 4) is 11.3 Å². The second-order valence-corrected chi connectivity index (χ2v) is 10.4. The molecule has 0 saturated carbocycles. The van der Waals surface area contributed by atoms with E-state index in [9.17, 15) is 8.42 Å². The van der Waals surface area contributed by atoms with Crippen molar-refractivity contribution in [2.24, 2.45) is 0 Å². The van der Waals surface area contributed by atoms with Gasteiger partial charge in [0, 0.05) is 41.8 Å². The Labute approximate surface area is 175 Å². The summed E-state index contributed by atoms with van der Waals surface area (Å²) in [5.74, 6) is 0.500. The van der Waals surface area contributed by atoms with E-state index in [1.807, 2.05) is 30.5 Å². The summed E-state index contributed by atoms with van der Waals surface area (Å²) in [5, 5.41) is 4.48. The molecule has 7 nitrogen and oxygen atoms in total. The molecule has 1 aromatic carbocycles. The Morgan fingerprint density at radius 2 is 1.97 bits per heavy atom. The van der Waals surface area contributed by atoms with E-state index in [0.29, 0.717) is 42.6 Å². The maximum atomic E-state index is 12.3. The Hall–Kier alpha value is -2.16. The maximum Gasteiger partial charge on any atom is 0.223 e. The number of halogens is 1. The summed E-state index contributed by atoms with van der Waals surface area (Å²) in [6.45, 7) is 4.43. The van der Waals surface area contributed by atoms with Crippen LogP contribution < -0.4 is 5.32 Å². The Kier molecular flexibility index (Phi) is 5.50. The summed E-state index contributed by atoms with van der Waals surface area (Å²) in [6.07, 6.45) is 4.92. The van der Waals surface area contributed by atoms with Crippen molar-refractivity contribution < 1.29 is 8.42 Å². The number of anilines is 1. The van der Waals surface area contributed by atoms with Crippen LogP contribution in [0.1, 0.15) is 26.7 Å². The maximum absolute atomic E-state index is 12.3. The first-order chi connectivity index (χ1) is 13.9. The Morgan fingerprint density at radius 1 is 1.24 bits per heavy atom. The number of piperidine rings is 1. The van der Waals surface area contributed by atoms with E-state index < -0.39 is 15.3 Å². The number of fused-ring (bicyclic) bond motifs is 1. The van der Waals surface area contributed by atoms with Crippen molar-refractivity contribution in [3.63, 3.8) is 0 Å². The van der Waals surface area contributed by atoms with Crippen LogP contribution in [0.3, 0.4) is 0 Å². The minimum atomic E-state index is -3.21. The zero-order chi connectivity index (χ0) is 20.6. The van der Waals surface area contributed by atoms with Gasteiger partial charge in [0.2, 0.25) is 16.0 Å². The van der Waals surface area contributed by atoms with E-state index in [0.717, 1.165) is 16.5 Å². The molecule has 0 bridgehead atoms. The van der Waals surface area contributed by atoms with Crippen molar-refractivity contribution in [1.29, 1.82) is 0 Å². The van der Waals surface area contributed by atoms with Gasteiger partial charge in [-0.3, -0.25) is 0 Å². The molecule has 0 unspecified atom stereocenters. The molecule has 0 aliphatic carbocycles. The van der Waals surface area contributed by atoms with Crippen LogP contribution in [-0.4, -0.2) is 52.1 Å². The zero-order valence-electron chi connectivity index (χ0n) is 16.4. The molecule has 2 aromatic heterocycles. The quantitative estimate of drug-likeness (QED) is 0.636. The number of hydrogen-bond acceptors (Lipinski definition) is 5. The number of sulfonamides is 1. The summed E-state index contributed by atoms with van der Waals surface area (Å²) >= 11 is 6.39. The monoisotopic (exact) mass is 433 g/mol. The van der Waals surface area contributed by atoms with Gasteiger partial charge in [-0.1, -0.05) is 29.8 Å². The number of para-hydroxylation sites is 1. The normalized spacial score (nSPS) is 16.6. The number of nitrogens with one attached hydrogen (secondary N) is 2. The molecular formula is C20H24ClN5O2S. The largest absolute Gasteiger partial charge is 0.360 e. The second-order valence-electron chi connectivity index (χ2n) is 7.55. The van der Waals surface area contributed by atoms with Crippen LogP contribution in [0.25, 0.3) is 22.2 Å². The van der Waals surface area contributed by atoms with Crippen LogP contribution >= 0.6 is 11.6 Å². The Balaban J connectivity index is 1.51. The number of aromatic nitrogens is 3. The van der Waals surface area contributed by atoms with Gasteiger partial charge in [-0.05, 0) is 32.8 Å². The number of nitrogens with zero attached hydrogens (tertiary/aromatic N) is 3. The molecule has 4 rings (SSSR count). The van der Waals surface area contributed by atoms with E-state index in [4.69, 9.17) is 11.6 Å². The topological polar surface area (TPSA) is 91.0 Å². The van der Waals surface area contributed by atoms with E-state index in [1.165, 1.54) is 0 Å². The fourth-order valence-corrected chi connectivity index (χ4v) is 5.14. The molecule has 0 spiro atoms. The average Bonchev–Trinajstić information content (AvgIpc) is 3.14. The van der Waals surface area contributed by atoms with Gasteiger partial charge >= 0.3 is 0 Å². The van der Waals surface area contributed by atoms with Gasteiger partial charge in [-0.2, -0.15) is 0 Å². The number of H-pyrrole nitrogens is 1. The zero-order valence-corrected chi connectivity index (χ0v) is 18.0. The third-order valence-corrected chi connectivity index (χ3v) is 7.88. The third kappa shape index (κ3) is 3.97. The van der Waals surface area contributed by atoms with Gasteiger partial charge in [-0.15, -0.1) is 0 Å². The lowest BCUT2D eigenvalue weighted by Crippen LogP contribution is -2.45. The molecule has 1 aliphatic rings. The molecule has 1 aliphatic heterocycles. The molecule has 2 N–H and O–H groups in total. The smallest absolute Gasteiger partial charge is 0.223 e. The Morgan fingerprint density at radius 3 is 2.69 bits per heavy atom. The lowest BCUT2D eigenvalue weighted by molar-refractivity contribution is 0.326. The highest BCUT2D eigenvalue weighted by Crippen LogP contribution is 2.32. The summed E-state index contributed by atoms with van der Waals surface area (Å²) in [6, 6.07) is 8.10. The van der Waals surface area contributed by atoms with Crippen molar-refractivity contribution in [1.82, 2.24) is 19.3 Å². The van der Waals surface area contributed by atoms with Crippen LogP contribution in [0.15, 0.2) is 36.7 Å². The lowest BCUT2D eigenvalue weighted by Gasteiger charge is -2.32. The average molecular weight is 434 g/mol. The number of benzene rings is 1. The van der Waals surface area contributed by atoms with Crippen LogP contribution in [0.4, 0.5) is 5.95 Å². The SMILES string of the molecule is CC(C)S(=O)(=O)N1CCC(Nc2ncc(Cl)c(-c3c[nH]c4ccccc34)n2)CC1. The van der Waals surface area contributed by atoms with Crippen LogP contribution in [0.2, 0.25) is 5.02 Å². The standard InChI is InChI=1S/C20H24ClN5O2S/c1-13(2)29(27,28)26-9-7-14(8-10-26)24-20-23-12-17(21)19(25-20)16-11-22-18-6-4-3-5-15(16)18/h3-6,11-14,22H,7-10H2,1-2H3,(H,23,24,25). The van der Waals surface area contributed by atoms with Gasteiger partial charge in [-0.25, -0.2) is 22.7 Å². The number of aromatic amines is 1. The van der Waals surface area contributed by atoms with Gasteiger partial charge in [0.05, 0.1) is 22.2 Å². The molecule has 0 radical (unpaired) electrons. The second kappa shape index (κ2) is 7.93. The summed E-state index contributed by atoms with van der Waals surface area (Å²) in [5.41, 5.74) is 2.61. The van der Waals surface area contributed by atoms with Crippen LogP contribution in [0, 0.1) is 0 Å². The highest BCUT2D eigenvalue weighted by Gasteiger charge is 2.30. The molecule has 29 heavy (non-hydrogen) atoms. The van der Waals surface area contributed by atoms with E-state index >= 15 is 0 Å². The minimum absolute atomic E-state index is 0.116. The van der Waals surface area contributed by atoms with Crippen molar-refractivity contribution in [3.05, 3.63) is 41.7 Å². The lowest BCUT2D eigenvalue weighted by atomic mass is 10.1. The van der Waals surface area contributed by atoms with E-state index in [1.54, 1.807) is 24.3 Å². The third-order valence-electron chi connectivity index (χ3n) is 5.33. The van der Waals surface area contributed by atoms with Crippen molar-refractivity contribution >= 4 is 38.5 Å². The molecule has 154 valence electrons. The van der Waals surface area contributed by atoms with Crippen molar-refractivity contribution in [2.45, 2.75) is 38.0 Å². The first kappa shape index (κ1) is 20.1. The summed E-state index contributed by atoms with van der Waals surface area (Å²) < 4.78 is 26.2. The van der Waals surface area contributed by atoms with Gasteiger partial charge in [0.25, 0.3) is 0 Å². The fourth-order valence-electron chi connectivity index (χ4n) is 3.63. The van der Waals surface area contributed by atoms with Gasteiger partial charge in [0.1, 0.15) is 0 Å². The number of hydrogen-bond donors (Lipinski definition) is 2. The first-order valence-corrected chi connectivity index (χ1v) is 11.6. The fraction of sp³-hybridized carbons (Fsp3) is 0.400. The number of rotatable bonds is 5. The van der Waals surface area contributed by atoms with Crippen LogP contribution in [-0.2, 0) is 10.0 Å². The molecular weight excluding hydrogens is 410 g/mol. The molecule has 1 fully saturated rings. The first-order valence-electron chi connectivity index (χ1n) is 9.71. The predicted octanol–water partition coefficient (Wildman–Crippen LogP) is 3.89. The predicted molar refractivity (Wildman–Crippen MR) is 117 cm³/mol. The highest BCUT2D eigenvalue weighted by molar-refractivity contribution is 7.89. The molecule has 0 amide bonds.